The van der Waals surface area contributed by atoms with Crippen LogP contribution in [0.2, 0.25) is 0 Å². The van der Waals surface area contributed by atoms with Gasteiger partial charge in [-0.05, 0) is 18.4 Å². The Labute approximate surface area is 162 Å². The normalized spacial score (nSPS) is 22.9. The highest BCUT2D eigenvalue weighted by Crippen LogP contribution is 2.33. The molecule has 8 heteroatoms. The number of nitrogens with zero attached hydrogens (tertiary/aromatic N) is 3. The fourth-order valence-corrected chi connectivity index (χ4v) is 4.11. The fraction of sp³-hybridized carbons (Fsp3) is 0.526. The van der Waals surface area contributed by atoms with E-state index in [1.807, 2.05) is 23.1 Å². The van der Waals surface area contributed by atoms with Gasteiger partial charge in [0.25, 0.3) is 11.8 Å². The van der Waals surface area contributed by atoms with Crippen molar-refractivity contribution in [3.63, 3.8) is 0 Å². The largest absolute Gasteiger partial charge is 0.378 e. The number of carbonyl (C=O) groups excluding carboxylic acids is 1. The van der Waals surface area contributed by atoms with Gasteiger partial charge in [-0.1, -0.05) is 35.5 Å². The van der Waals surface area contributed by atoms with Crippen molar-refractivity contribution in [1.29, 1.82) is 0 Å². The van der Waals surface area contributed by atoms with E-state index < -0.39 is 6.10 Å². The van der Waals surface area contributed by atoms with Gasteiger partial charge in [0.15, 0.2) is 5.82 Å². The first-order valence-corrected chi connectivity index (χ1v) is 10.4. The van der Waals surface area contributed by atoms with Gasteiger partial charge in [0.05, 0.1) is 19.0 Å². The second kappa shape index (κ2) is 8.86. The van der Waals surface area contributed by atoms with Crippen LogP contribution in [0.25, 0.3) is 0 Å². The Morgan fingerprint density at radius 3 is 2.78 bits per heavy atom. The number of carbonyl (C=O) groups is 1. The van der Waals surface area contributed by atoms with Crippen LogP contribution in [-0.2, 0) is 25.8 Å². The molecule has 1 aromatic carbocycles. The number of benzene rings is 1. The third kappa shape index (κ3) is 4.69. The number of hydrogen-bond acceptors (Lipinski definition) is 7. The molecule has 0 spiro atoms. The number of thioether (sulfide) groups is 1. The average Bonchev–Trinajstić information content (AvgIpc) is 3.38. The maximum absolute atomic E-state index is 12.5. The number of hydrogen-bond donors (Lipinski definition) is 0. The molecule has 2 aliphatic heterocycles. The molecule has 2 aliphatic rings. The first-order chi connectivity index (χ1) is 13.3. The lowest BCUT2D eigenvalue weighted by Crippen LogP contribution is -2.45. The van der Waals surface area contributed by atoms with Crippen molar-refractivity contribution in [3.05, 3.63) is 47.6 Å². The van der Waals surface area contributed by atoms with Crippen LogP contribution in [0.4, 0.5) is 0 Å². The molecule has 2 aromatic rings. The smallest absolute Gasteiger partial charge is 0.255 e. The molecule has 0 radical (unpaired) electrons. The summed E-state index contributed by atoms with van der Waals surface area (Å²) >= 11 is 1.74. The summed E-state index contributed by atoms with van der Waals surface area (Å²) in [6.45, 7) is 2.45. The van der Waals surface area contributed by atoms with Crippen LogP contribution in [0.5, 0.6) is 0 Å². The molecule has 1 aromatic heterocycles. The van der Waals surface area contributed by atoms with Gasteiger partial charge in [0.1, 0.15) is 12.2 Å². The number of aromatic nitrogens is 2. The van der Waals surface area contributed by atoms with Crippen molar-refractivity contribution in [3.8, 4) is 0 Å². The number of rotatable bonds is 6. The summed E-state index contributed by atoms with van der Waals surface area (Å²) in [5, 5.41) is 4.05. The molecule has 3 heterocycles. The molecule has 144 valence electrons. The Balaban J connectivity index is 1.26. The van der Waals surface area contributed by atoms with Crippen LogP contribution in [-0.4, -0.2) is 53.4 Å². The molecular weight excluding hydrogens is 366 g/mol. The third-order valence-electron chi connectivity index (χ3n) is 4.72. The Hall–Kier alpha value is -1.90. The van der Waals surface area contributed by atoms with Crippen LogP contribution < -0.4 is 0 Å². The molecule has 0 saturated carbocycles. The van der Waals surface area contributed by atoms with Crippen molar-refractivity contribution >= 4 is 17.7 Å². The maximum Gasteiger partial charge on any atom is 0.255 e. The molecule has 0 unspecified atom stereocenters. The van der Waals surface area contributed by atoms with E-state index in [9.17, 15) is 4.79 Å². The SMILES string of the molecule is O=C([C@@H]1CC[C@H](c2nc(CSCc3ccccc3)no2)O1)N1CCOCC1. The molecule has 0 bridgehead atoms. The van der Waals surface area contributed by atoms with E-state index in [-0.39, 0.29) is 12.0 Å². The Morgan fingerprint density at radius 1 is 1.15 bits per heavy atom. The summed E-state index contributed by atoms with van der Waals surface area (Å²) in [7, 11) is 0. The number of morpholine rings is 1. The first kappa shape index (κ1) is 18.5. The van der Waals surface area contributed by atoms with Crippen molar-refractivity contribution in [1.82, 2.24) is 15.0 Å². The van der Waals surface area contributed by atoms with Gasteiger partial charge >= 0.3 is 0 Å². The summed E-state index contributed by atoms with van der Waals surface area (Å²) in [6.07, 6.45) is 0.692. The van der Waals surface area contributed by atoms with E-state index in [0.717, 1.165) is 12.2 Å². The van der Waals surface area contributed by atoms with E-state index in [2.05, 4.69) is 22.3 Å². The van der Waals surface area contributed by atoms with Gasteiger partial charge in [-0.3, -0.25) is 4.79 Å². The highest BCUT2D eigenvalue weighted by Gasteiger charge is 2.37. The van der Waals surface area contributed by atoms with Crippen molar-refractivity contribution < 1.29 is 18.8 Å². The summed E-state index contributed by atoms with van der Waals surface area (Å²) < 4.78 is 16.6. The molecule has 2 atom stereocenters. The number of ether oxygens (including phenoxy) is 2. The fourth-order valence-electron chi connectivity index (χ4n) is 3.28. The minimum atomic E-state index is -0.420. The minimum absolute atomic E-state index is 0.0407. The summed E-state index contributed by atoms with van der Waals surface area (Å²) in [6, 6.07) is 10.3. The molecule has 0 aliphatic carbocycles. The Kier molecular flexibility index (Phi) is 6.06. The highest BCUT2D eigenvalue weighted by molar-refractivity contribution is 7.97. The zero-order chi connectivity index (χ0) is 18.5. The zero-order valence-corrected chi connectivity index (χ0v) is 15.9. The van der Waals surface area contributed by atoms with E-state index in [1.165, 1.54) is 5.56 Å². The average molecular weight is 389 g/mol. The summed E-state index contributed by atoms with van der Waals surface area (Å²) in [5.74, 6) is 2.76. The zero-order valence-electron chi connectivity index (χ0n) is 15.1. The summed E-state index contributed by atoms with van der Waals surface area (Å²) in [5.41, 5.74) is 1.27. The number of amides is 1. The minimum Gasteiger partial charge on any atom is -0.378 e. The monoisotopic (exact) mass is 389 g/mol. The Morgan fingerprint density at radius 2 is 1.96 bits per heavy atom. The second-order valence-electron chi connectivity index (χ2n) is 6.66. The lowest BCUT2D eigenvalue weighted by molar-refractivity contribution is -0.147. The molecule has 0 N–H and O–H groups in total. The molecule has 2 fully saturated rings. The van der Waals surface area contributed by atoms with Crippen molar-refractivity contribution in [2.75, 3.05) is 26.3 Å². The van der Waals surface area contributed by atoms with Gasteiger partial charge in [-0.25, -0.2) is 0 Å². The quantitative estimate of drug-likeness (QED) is 0.751. The van der Waals surface area contributed by atoms with E-state index >= 15 is 0 Å². The van der Waals surface area contributed by atoms with E-state index in [1.54, 1.807) is 11.8 Å². The first-order valence-electron chi connectivity index (χ1n) is 9.26. The Bertz CT molecular complexity index is 748. The van der Waals surface area contributed by atoms with Crippen molar-refractivity contribution in [2.24, 2.45) is 0 Å². The van der Waals surface area contributed by atoms with Crippen LogP contribution in [0.15, 0.2) is 34.9 Å². The van der Waals surface area contributed by atoms with E-state index in [0.29, 0.717) is 50.2 Å². The standard InChI is InChI=1S/C19H23N3O4S/c23-19(22-8-10-24-11-9-22)16-7-6-15(25-16)18-20-17(21-26-18)13-27-12-14-4-2-1-3-5-14/h1-5,15-16H,6-13H2/t15-,16+/m1/s1. The lowest BCUT2D eigenvalue weighted by atomic mass is 10.1. The molecule has 4 rings (SSSR count). The van der Waals surface area contributed by atoms with Crippen molar-refractivity contribution in [2.45, 2.75) is 36.6 Å². The molecular formula is C19H23N3O4S. The predicted molar refractivity (Wildman–Crippen MR) is 100.0 cm³/mol. The van der Waals surface area contributed by atoms with Gasteiger partial charge in [0, 0.05) is 18.8 Å². The van der Waals surface area contributed by atoms with Crippen LogP contribution >= 0.6 is 11.8 Å². The lowest BCUT2D eigenvalue weighted by Gasteiger charge is -2.28. The van der Waals surface area contributed by atoms with Crippen LogP contribution in [0.1, 0.15) is 36.2 Å². The van der Waals surface area contributed by atoms with Crippen LogP contribution in [0.3, 0.4) is 0 Å². The molecule has 7 nitrogen and oxygen atoms in total. The van der Waals surface area contributed by atoms with Gasteiger partial charge in [0.2, 0.25) is 0 Å². The maximum atomic E-state index is 12.5. The second-order valence-corrected chi connectivity index (χ2v) is 7.64. The summed E-state index contributed by atoms with van der Waals surface area (Å²) in [4.78, 5) is 18.8. The van der Waals surface area contributed by atoms with E-state index in [4.69, 9.17) is 14.0 Å². The predicted octanol–water partition coefficient (Wildman–Crippen LogP) is 2.58. The molecule has 2 saturated heterocycles. The van der Waals surface area contributed by atoms with Crippen LogP contribution in [0, 0.1) is 0 Å². The molecule has 1 amide bonds. The van der Waals surface area contributed by atoms with Gasteiger partial charge < -0.3 is 18.9 Å². The third-order valence-corrected chi connectivity index (χ3v) is 5.72. The van der Waals surface area contributed by atoms with Gasteiger partial charge in [-0.2, -0.15) is 4.98 Å². The van der Waals surface area contributed by atoms with Gasteiger partial charge in [-0.15, -0.1) is 11.8 Å². The topological polar surface area (TPSA) is 77.7 Å². The highest BCUT2D eigenvalue weighted by atomic mass is 32.2. The molecule has 27 heavy (non-hydrogen) atoms.